The Morgan fingerprint density at radius 1 is 1.00 bits per heavy atom. The molecule has 0 aliphatic heterocycles. The molecule has 3 rings (SSSR count). The van der Waals surface area contributed by atoms with Crippen LogP contribution < -0.4 is 0 Å². The van der Waals surface area contributed by atoms with E-state index in [0.717, 1.165) is 22.6 Å². The number of carbonyl (C=O) groups excluding carboxylic acids is 1. The van der Waals surface area contributed by atoms with Crippen LogP contribution in [-0.2, 0) is 17.8 Å². The molecule has 0 unspecified atom stereocenters. The number of benzene rings is 2. The molecule has 0 fully saturated rings. The lowest BCUT2D eigenvalue weighted by atomic mass is 10.1. The van der Waals surface area contributed by atoms with Crippen LogP contribution in [0.15, 0.2) is 54.6 Å². The maximum atomic E-state index is 12.8. The quantitative estimate of drug-likeness (QED) is 0.700. The molecule has 1 amide bonds. The smallest absolute Gasteiger partial charge is 0.227 e. The predicted octanol–water partition coefficient (Wildman–Crippen LogP) is 4.00. The van der Waals surface area contributed by atoms with Crippen molar-refractivity contribution in [1.29, 1.82) is 0 Å². The maximum Gasteiger partial charge on any atom is 0.227 e. The first-order valence-corrected chi connectivity index (χ1v) is 8.86. The van der Waals surface area contributed by atoms with Crippen molar-refractivity contribution in [3.8, 4) is 5.69 Å². The summed E-state index contributed by atoms with van der Waals surface area (Å²) in [7, 11) is 1.86. The Morgan fingerprint density at radius 2 is 1.65 bits per heavy atom. The minimum Gasteiger partial charge on any atom is -0.341 e. The minimum absolute atomic E-state index is 0.104. The third-order valence-electron chi connectivity index (χ3n) is 4.86. The van der Waals surface area contributed by atoms with Crippen molar-refractivity contribution in [3.05, 3.63) is 82.7 Å². The molecule has 26 heavy (non-hydrogen) atoms. The summed E-state index contributed by atoms with van der Waals surface area (Å²) in [6, 6.07) is 18.2. The summed E-state index contributed by atoms with van der Waals surface area (Å²) in [5.41, 5.74) is 6.33. The SMILES string of the molecule is Cc1ccccc1CN(C)C(=O)Cc1c(C)nn(-c2ccccc2)c1C. The second-order valence-electron chi connectivity index (χ2n) is 6.75. The second kappa shape index (κ2) is 7.56. The van der Waals surface area contributed by atoms with E-state index >= 15 is 0 Å². The lowest BCUT2D eigenvalue weighted by Crippen LogP contribution is -2.28. The highest BCUT2D eigenvalue weighted by Crippen LogP contribution is 2.19. The molecule has 0 spiro atoms. The average Bonchev–Trinajstić information content (AvgIpc) is 2.92. The molecule has 0 aliphatic carbocycles. The Kier molecular flexibility index (Phi) is 5.21. The zero-order chi connectivity index (χ0) is 18.7. The van der Waals surface area contributed by atoms with E-state index in [1.54, 1.807) is 4.90 Å². The van der Waals surface area contributed by atoms with Crippen LogP contribution in [-0.4, -0.2) is 27.6 Å². The summed E-state index contributed by atoms with van der Waals surface area (Å²) in [6.45, 7) is 6.69. The Labute approximate surface area is 155 Å². The standard InChI is InChI=1S/C22H25N3O/c1-16-10-8-9-11-19(16)15-24(4)22(26)14-21-17(2)23-25(18(21)3)20-12-6-5-7-13-20/h5-13H,14-15H2,1-4H3. The summed E-state index contributed by atoms with van der Waals surface area (Å²) in [6.07, 6.45) is 0.368. The highest BCUT2D eigenvalue weighted by atomic mass is 16.2. The van der Waals surface area contributed by atoms with Gasteiger partial charge in [-0.1, -0.05) is 42.5 Å². The van der Waals surface area contributed by atoms with E-state index in [4.69, 9.17) is 0 Å². The van der Waals surface area contributed by atoms with Crippen molar-refractivity contribution < 1.29 is 4.79 Å². The first-order chi connectivity index (χ1) is 12.5. The summed E-state index contributed by atoms with van der Waals surface area (Å²) in [4.78, 5) is 14.6. The third kappa shape index (κ3) is 3.69. The van der Waals surface area contributed by atoms with Gasteiger partial charge in [-0.2, -0.15) is 5.10 Å². The minimum atomic E-state index is 0.104. The number of amides is 1. The van der Waals surface area contributed by atoms with Gasteiger partial charge in [0.2, 0.25) is 5.91 Å². The van der Waals surface area contributed by atoms with Gasteiger partial charge in [-0.25, -0.2) is 4.68 Å². The summed E-state index contributed by atoms with van der Waals surface area (Å²) < 4.78 is 1.92. The summed E-state index contributed by atoms with van der Waals surface area (Å²) in [5.74, 6) is 0.104. The first-order valence-electron chi connectivity index (χ1n) is 8.86. The monoisotopic (exact) mass is 347 g/mol. The zero-order valence-electron chi connectivity index (χ0n) is 15.9. The van der Waals surface area contributed by atoms with E-state index in [9.17, 15) is 4.79 Å². The number of likely N-dealkylation sites (N-methyl/N-ethyl adjacent to an activating group) is 1. The Morgan fingerprint density at radius 3 is 2.35 bits per heavy atom. The molecular formula is C22H25N3O. The molecule has 4 nitrogen and oxygen atoms in total. The van der Waals surface area contributed by atoms with Crippen molar-refractivity contribution in [1.82, 2.24) is 14.7 Å². The third-order valence-corrected chi connectivity index (χ3v) is 4.86. The highest BCUT2D eigenvalue weighted by molar-refractivity contribution is 5.79. The van der Waals surface area contributed by atoms with Gasteiger partial charge in [0, 0.05) is 24.8 Å². The number of aromatic nitrogens is 2. The number of hydrogen-bond acceptors (Lipinski definition) is 2. The number of hydrogen-bond donors (Lipinski definition) is 0. The molecule has 2 aromatic carbocycles. The van der Waals surface area contributed by atoms with Gasteiger partial charge in [0.15, 0.2) is 0 Å². The summed E-state index contributed by atoms with van der Waals surface area (Å²) in [5, 5.41) is 4.64. The van der Waals surface area contributed by atoms with E-state index in [0.29, 0.717) is 13.0 Å². The fraction of sp³-hybridized carbons (Fsp3) is 0.273. The van der Waals surface area contributed by atoms with Crippen LogP contribution >= 0.6 is 0 Å². The van der Waals surface area contributed by atoms with Crippen molar-refractivity contribution in [2.75, 3.05) is 7.05 Å². The number of nitrogens with zero attached hydrogens (tertiary/aromatic N) is 3. The largest absolute Gasteiger partial charge is 0.341 e. The molecule has 0 saturated heterocycles. The Bertz CT molecular complexity index is 912. The number of rotatable bonds is 5. The molecule has 0 atom stereocenters. The Balaban J connectivity index is 1.77. The van der Waals surface area contributed by atoms with Crippen molar-refractivity contribution >= 4 is 5.91 Å². The van der Waals surface area contributed by atoms with Gasteiger partial charge in [0.05, 0.1) is 17.8 Å². The van der Waals surface area contributed by atoms with Gasteiger partial charge in [-0.3, -0.25) is 4.79 Å². The lowest BCUT2D eigenvalue weighted by Gasteiger charge is -2.18. The highest BCUT2D eigenvalue weighted by Gasteiger charge is 2.18. The maximum absolute atomic E-state index is 12.8. The van der Waals surface area contributed by atoms with Crippen molar-refractivity contribution in [2.45, 2.75) is 33.7 Å². The van der Waals surface area contributed by atoms with Crippen LogP contribution in [0.2, 0.25) is 0 Å². The molecule has 0 N–H and O–H groups in total. The average molecular weight is 347 g/mol. The fourth-order valence-corrected chi connectivity index (χ4v) is 3.17. The summed E-state index contributed by atoms with van der Waals surface area (Å²) >= 11 is 0. The molecule has 1 heterocycles. The van der Waals surface area contributed by atoms with E-state index in [-0.39, 0.29) is 5.91 Å². The fourth-order valence-electron chi connectivity index (χ4n) is 3.17. The van der Waals surface area contributed by atoms with E-state index in [1.165, 1.54) is 11.1 Å². The van der Waals surface area contributed by atoms with Crippen LogP contribution in [0.25, 0.3) is 5.69 Å². The number of para-hydroxylation sites is 1. The van der Waals surface area contributed by atoms with Crippen LogP contribution in [0.3, 0.4) is 0 Å². The second-order valence-corrected chi connectivity index (χ2v) is 6.75. The predicted molar refractivity (Wildman–Crippen MR) is 104 cm³/mol. The van der Waals surface area contributed by atoms with Crippen LogP contribution in [0.4, 0.5) is 0 Å². The molecule has 1 aromatic heterocycles. The molecule has 0 bridgehead atoms. The lowest BCUT2D eigenvalue weighted by molar-refractivity contribution is -0.129. The van der Waals surface area contributed by atoms with Gasteiger partial charge >= 0.3 is 0 Å². The van der Waals surface area contributed by atoms with Crippen molar-refractivity contribution in [2.24, 2.45) is 0 Å². The van der Waals surface area contributed by atoms with E-state index < -0.39 is 0 Å². The van der Waals surface area contributed by atoms with Gasteiger partial charge in [0.25, 0.3) is 0 Å². The topological polar surface area (TPSA) is 38.1 Å². The molecular weight excluding hydrogens is 322 g/mol. The van der Waals surface area contributed by atoms with Gasteiger partial charge in [-0.05, 0) is 44.0 Å². The van der Waals surface area contributed by atoms with Crippen LogP contribution in [0, 0.1) is 20.8 Å². The van der Waals surface area contributed by atoms with Crippen LogP contribution in [0.5, 0.6) is 0 Å². The molecule has 134 valence electrons. The van der Waals surface area contributed by atoms with E-state index in [1.807, 2.05) is 68.0 Å². The van der Waals surface area contributed by atoms with E-state index in [2.05, 4.69) is 24.2 Å². The van der Waals surface area contributed by atoms with Gasteiger partial charge in [0.1, 0.15) is 0 Å². The van der Waals surface area contributed by atoms with Gasteiger partial charge < -0.3 is 4.90 Å². The Hall–Kier alpha value is -2.88. The van der Waals surface area contributed by atoms with Gasteiger partial charge in [-0.15, -0.1) is 0 Å². The molecule has 0 aliphatic rings. The first kappa shape index (κ1) is 17.9. The number of carbonyl (C=O) groups is 1. The zero-order valence-corrected chi connectivity index (χ0v) is 15.9. The number of aryl methyl sites for hydroxylation is 2. The molecule has 4 heteroatoms. The van der Waals surface area contributed by atoms with Crippen LogP contribution in [0.1, 0.15) is 28.1 Å². The van der Waals surface area contributed by atoms with Crippen molar-refractivity contribution in [3.63, 3.8) is 0 Å². The molecule has 0 saturated carbocycles. The normalized spacial score (nSPS) is 10.8. The molecule has 0 radical (unpaired) electrons. The molecule has 3 aromatic rings.